The van der Waals surface area contributed by atoms with Crippen LogP contribution in [0, 0.1) is 6.92 Å². The van der Waals surface area contributed by atoms with E-state index in [0.29, 0.717) is 57.2 Å². The molecule has 0 radical (unpaired) electrons. The Hall–Kier alpha value is -1.99. The van der Waals surface area contributed by atoms with Crippen molar-refractivity contribution in [2.45, 2.75) is 21.6 Å². The second-order valence-electron chi connectivity index (χ2n) is 10.6. The van der Waals surface area contributed by atoms with Crippen LogP contribution in [0.2, 0.25) is 0 Å². The molecule has 6 aromatic rings. The molecule has 0 spiro atoms. The molecule has 21 heteroatoms. The molecule has 15 nitrogen and oxygen atoms in total. The van der Waals surface area contributed by atoms with Gasteiger partial charge in [-0.3, -0.25) is 10.1 Å². The van der Waals surface area contributed by atoms with Gasteiger partial charge in [-0.15, -0.1) is 5.11 Å². The molecule has 260 valence electrons. The number of phenolic OH excluding ortho intramolecular Hbond substituents is 1. The average molecular weight is 814 g/mol. The first-order chi connectivity index (χ1) is 24.6. The summed E-state index contributed by atoms with van der Waals surface area (Å²) in [6, 6.07) is 28.6. The van der Waals surface area contributed by atoms with E-state index in [1.54, 1.807) is 55.5 Å². The zero-order valence-electron chi connectivity index (χ0n) is 29.0. The van der Waals surface area contributed by atoms with Crippen molar-refractivity contribution in [3.8, 4) is 5.75 Å². The fourth-order valence-corrected chi connectivity index (χ4v) is 6.75. The smallest absolute Gasteiger partial charge is 0.744 e. The summed E-state index contributed by atoms with van der Waals surface area (Å²) in [5, 5.41) is 60.7. The Morgan fingerprint density at radius 3 is 2.07 bits per heavy atom. The number of aromatic hydroxyl groups is 1. The van der Waals surface area contributed by atoms with Gasteiger partial charge in [-0.05, 0) is 102 Å². The van der Waals surface area contributed by atoms with Gasteiger partial charge >= 0.3 is 88.7 Å². The van der Waals surface area contributed by atoms with E-state index in [1.165, 1.54) is 12.1 Å². The van der Waals surface area contributed by atoms with Crippen LogP contribution in [0.3, 0.4) is 0 Å². The number of fused-ring (bicyclic) bond motifs is 2. The molecular formula is C33H22N5Na3O10S3. The summed E-state index contributed by atoms with van der Waals surface area (Å²) in [4.78, 5) is -0.103. The second kappa shape index (κ2) is 21.5. The number of benzene rings is 6. The van der Waals surface area contributed by atoms with E-state index in [2.05, 4.69) is 44.5 Å². The van der Waals surface area contributed by atoms with Crippen molar-refractivity contribution in [3.05, 3.63) is 109 Å². The predicted octanol–water partition coefficient (Wildman–Crippen LogP) is -1.04. The summed E-state index contributed by atoms with van der Waals surface area (Å²) in [6.45, 7) is 1.76. The Bertz CT molecular complexity index is 2410. The summed E-state index contributed by atoms with van der Waals surface area (Å²) in [6.07, 6.45) is 0. The molecule has 0 atom stereocenters. The van der Waals surface area contributed by atoms with Crippen LogP contribution in [0.15, 0.2) is 138 Å². The van der Waals surface area contributed by atoms with Gasteiger partial charge in [0.25, 0.3) is 0 Å². The number of rotatable bonds is 13. The van der Waals surface area contributed by atoms with Crippen LogP contribution in [0.4, 0.5) is 34.1 Å². The SMILES string of the molecule is Cc1cc(N=Nc2c(SOO[O-])cc3cc(Nc4ccccc4)ccc3c2O)ccc1N=Nc1ccc2cc(SOO[O-])cc(S(=O)(=O)[O-])c2c1.[Na+].[Na+].[Na+]. The molecule has 54 heavy (non-hydrogen) atoms. The van der Waals surface area contributed by atoms with E-state index in [-0.39, 0.29) is 121 Å². The number of phenols is 1. The molecule has 0 saturated heterocycles. The number of aryl methyl sites for hydroxylation is 1. The topological polar surface area (TPSA) is 222 Å². The summed E-state index contributed by atoms with van der Waals surface area (Å²) in [5.41, 5.74) is 3.46. The standard InChI is InChI=1S/C33H25N5O10S3.3Na/c1-19-13-24(10-12-29(19)37-35-25-8-7-20-15-26(49-47-45-40)18-31(28(20)17-25)51(42,43)44)36-38-32-30(50-48-46-41)16-21-14-23(9-11-27(21)33(32)39)34-22-5-3-2-4-6-22;;;/h2-18,34,39-41H,1H3,(H,42,43,44);;;/q;3*+1/p-3. The van der Waals surface area contributed by atoms with Crippen molar-refractivity contribution in [1.29, 1.82) is 0 Å². The van der Waals surface area contributed by atoms with Gasteiger partial charge in [0.1, 0.15) is 15.8 Å². The molecule has 0 aliphatic carbocycles. The van der Waals surface area contributed by atoms with Crippen molar-refractivity contribution >= 4 is 89.9 Å². The molecule has 0 aromatic heterocycles. The van der Waals surface area contributed by atoms with Gasteiger partial charge < -0.3 is 25.5 Å². The Labute approximate surface area is 383 Å². The second-order valence-corrected chi connectivity index (χ2v) is 13.5. The third kappa shape index (κ3) is 11.8. The zero-order valence-corrected chi connectivity index (χ0v) is 37.4. The van der Waals surface area contributed by atoms with E-state index in [4.69, 9.17) is 0 Å². The third-order valence-corrected chi connectivity index (χ3v) is 9.33. The molecule has 0 aliphatic heterocycles. The zero-order chi connectivity index (χ0) is 36.0. The van der Waals surface area contributed by atoms with Crippen LogP contribution in [0.25, 0.3) is 21.5 Å². The number of anilines is 2. The fraction of sp³-hybridized carbons (Fsp3) is 0.0303. The summed E-state index contributed by atoms with van der Waals surface area (Å²) in [7, 11) is -4.91. The molecule has 6 aromatic carbocycles. The van der Waals surface area contributed by atoms with E-state index < -0.39 is 15.0 Å². The maximum Gasteiger partial charge on any atom is 1.00 e. The molecule has 0 unspecified atom stereocenters. The minimum Gasteiger partial charge on any atom is -0.744 e. The summed E-state index contributed by atoms with van der Waals surface area (Å²) < 4.78 is 44.7. The van der Waals surface area contributed by atoms with E-state index in [9.17, 15) is 28.6 Å². The van der Waals surface area contributed by atoms with Gasteiger partial charge in [-0.2, -0.15) is 24.0 Å². The van der Waals surface area contributed by atoms with Gasteiger partial charge in [0.15, 0.2) is 5.75 Å². The number of para-hydroxylation sites is 1. The molecule has 0 amide bonds. The van der Waals surface area contributed by atoms with E-state index >= 15 is 0 Å². The van der Waals surface area contributed by atoms with Crippen LogP contribution in [-0.4, -0.2) is 18.1 Å². The first kappa shape index (κ1) is 46.4. The van der Waals surface area contributed by atoms with Gasteiger partial charge in [-0.1, -0.05) is 24.3 Å². The van der Waals surface area contributed by atoms with Crippen molar-refractivity contribution in [2.75, 3.05) is 5.32 Å². The Balaban J connectivity index is 0.00000261. The quantitative estimate of drug-likeness (QED) is 0.0356. The molecular weight excluding hydrogens is 792 g/mol. The van der Waals surface area contributed by atoms with Gasteiger partial charge in [0.05, 0.1) is 50.9 Å². The van der Waals surface area contributed by atoms with Gasteiger partial charge in [-0.25, -0.2) is 8.42 Å². The Morgan fingerprint density at radius 2 is 1.37 bits per heavy atom. The Kier molecular flexibility index (Phi) is 18.5. The minimum absolute atomic E-state index is 0. The Morgan fingerprint density at radius 1 is 0.685 bits per heavy atom. The third-order valence-electron chi connectivity index (χ3n) is 7.28. The molecule has 0 heterocycles. The maximum atomic E-state index is 12.0. The molecule has 6 rings (SSSR count). The number of hydrogen-bond donors (Lipinski definition) is 2. The van der Waals surface area contributed by atoms with E-state index in [1.807, 2.05) is 36.4 Å². The fourth-order valence-electron chi connectivity index (χ4n) is 5.02. The van der Waals surface area contributed by atoms with Crippen LogP contribution < -0.4 is 105 Å². The number of nitrogens with one attached hydrogen (secondary N) is 1. The maximum absolute atomic E-state index is 12.0. The van der Waals surface area contributed by atoms with Crippen LogP contribution in [-0.2, 0) is 28.9 Å². The number of azo groups is 2. The summed E-state index contributed by atoms with van der Waals surface area (Å²) in [5.74, 6) is -0.190. The van der Waals surface area contributed by atoms with Crippen molar-refractivity contribution in [3.63, 3.8) is 0 Å². The predicted molar refractivity (Wildman–Crippen MR) is 183 cm³/mol. The van der Waals surface area contributed by atoms with Crippen molar-refractivity contribution in [1.82, 2.24) is 0 Å². The minimum atomic E-state index is -4.91. The van der Waals surface area contributed by atoms with Gasteiger partial charge in [0.2, 0.25) is 0 Å². The van der Waals surface area contributed by atoms with Gasteiger partial charge in [0, 0.05) is 27.0 Å². The normalized spacial score (nSPS) is 11.4. The van der Waals surface area contributed by atoms with Crippen LogP contribution in [0.1, 0.15) is 5.56 Å². The van der Waals surface area contributed by atoms with Crippen molar-refractivity contribution in [2.24, 2.45) is 20.5 Å². The van der Waals surface area contributed by atoms with Crippen LogP contribution in [0.5, 0.6) is 5.75 Å². The molecule has 2 N–H and O–H groups in total. The largest absolute Gasteiger partial charge is 1.00 e. The van der Waals surface area contributed by atoms with Crippen LogP contribution >= 0.6 is 24.1 Å². The molecule has 0 bridgehead atoms. The first-order valence-electron chi connectivity index (χ1n) is 14.5. The number of nitrogens with zero attached hydrogens (tertiary/aromatic N) is 4. The number of hydrogen-bond acceptors (Lipinski definition) is 17. The average Bonchev–Trinajstić information content (AvgIpc) is 3.12. The molecule has 0 aliphatic rings. The molecule has 0 fully saturated rings. The summed E-state index contributed by atoms with van der Waals surface area (Å²) >= 11 is 1.02. The van der Waals surface area contributed by atoms with Crippen molar-refractivity contribution < 1.29 is 136 Å². The molecule has 0 saturated carbocycles. The monoisotopic (exact) mass is 813 g/mol. The first-order valence-corrected chi connectivity index (χ1v) is 17.4. The van der Waals surface area contributed by atoms with E-state index in [0.717, 1.165) is 17.4 Å².